The number of rotatable bonds is 6. The zero-order chi connectivity index (χ0) is 28.4. The summed E-state index contributed by atoms with van der Waals surface area (Å²) in [6.07, 6.45) is -9.94. The molecule has 0 spiro atoms. The molecule has 3 saturated heterocycles. The van der Waals surface area contributed by atoms with Crippen LogP contribution in [0.5, 0.6) is 0 Å². The summed E-state index contributed by atoms with van der Waals surface area (Å²) in [5.41, 5.74) is 0. The Bertz CT molecular complexity index is 803. The monoisotopic (exact) mass is 563 g/mol. The van der Waals surface area contributed by atoms with Gasteiger partial charge in [0.05, 0.1) is 24.9 Å². The van der Waals surface area contributed by atoms with Crippen LogP contribution in [0, 0.1) is 5.92 Å². The second-order valence-electron chi connectivity index (χ2n) is 11.4. The molecule has 0 aromatic rings. The van der Waals surface area contributed by atoms with Crippen LogP contribution in [-0.2, 0) is 33.2 Å². The molecule has 226 valence electrons. The van der Waals surface area contributed by atoms with Gasteiger partial charge >= 0.3 is 0 Å². The number of carbonyl (C=O) groups excluding carboxylic acids is 1. The van der Waals surface area contributed by atoms with E-state index in [1.54, 1.807) is 21.0 Å². The third kappa shape index (κ3) is 6.75. The lowest BCUT2D eigenvalue weighted by Crippen LogP contribution is -2.64. The van der Waals surface area contributed by atoms with Crippen molar-refractivity contribution in [3.05, 3.63) is 0 Å². The van der Waals surface area contributed by atoms with Gasteiger partial charge in [-0.25, -0.2) is 0 Å². The average molecular weight is 564 g/mol. The van der Waals surface area contributed by atoms with Crippen molar-refractivity contribution in [3.8, 4) is 0 Å². The molecule has 4 fully saturated rings. The van der Waals surface area contributed by atoms with Gasteiger partial charge in [-0.3, -0.25) is 4.79 Å². The number of likely N-dealkylation sites (N-methyl/N-ethyl adjacent to an activating group) is 1. The number of carbonyl (C=O) groups is 1. The van der Waals surface area contributed by atoms with Crippen molar-refractivity contribution in [1.29, 1.82) is 0 Å². The Hall–Kier alpha value is -0.970. The Kier molecular flexibility index (Phi) is 10.6. The summed E-state index contributed by atoms with van der Waals surface area (Å²) < 4.78 is 36.4. The van der Waals surface area contributed by atoms with E-state index in [-0.39, 0.29) is 11.8 Å². The molecule has 1 saturated carbocycles. The molecule has 4 rings (SSSR count). The largest absolute Gasteiger partial charge is 0.394 e. The Labute approximate surface area is 228 Å². The number of hydrogen-bond acceptors (Lipinski definition) is 12. The van der Waals surface area contributed by atoms with E-state index in [4.69, 9.17) is 28.4 Å². The Morgan fingerprint density at radius 2 is 1.59 bits per heavy atom. The van der Waals surface area contributed by atoms with Crippen LogP contribution in [0.25, 0.3) is 0 Å². The average Bonchev–Trinajstić information content (AvgIpc) is 2.89. The number of ether oxygens (including phenoxy) is 6. The predicted octanol–water partition coefficient (Wildman–Crippen LogP) is -1.50. The molecule has 39 heavy (non-hydrogen) atoms. The number of hydrogen-bond donors (Lipinski definition) is 5. The van der Waals surface area contributed by atoms with Crippen molar-refractivity contribution in [2.24, 2.45) is 5.92 Å². The van der Waals surface area contributed by atoms with Crippen LogP contribution in [0.1, 0.15) is 46.0 Å². The molecule has 1 aliphatic carbocycles. The quantitative estimate of drug-likeness (QED) is 0.253. The van der Waals surface area contributed by atoms with Crippen LogP contribution >= 0.6 is 0 Å². The van der Waals surface area contributed by atoms with Gasteiger partial charge in [0.15, 0.2) is 12.6 Å². The van der Waals surface area contributed by atoms with Gasteiger partial charge in [0.1, 0.15) is 48.8 Å². The molecular weight excluding hydrogens is 518 g/mol. The van der Waals surface area contributed by atoms with Crippen LogP contribution in [0.15, 0.2) is 0 Å². The van der Waals surface area contributed by atoms with Crippen molar-refractivity contribution in [3.63, 3.8) is 0 Å². The smallest absolute Gasteiger partial charge is 0.251 e. The minimum absolute atomic E-state index is 0.00550. The Morgan fingerprint density at radius 3 is 2.28 bits per heavy atom. The highest BCUT2D eigenvalue weighted by Crippen LogP contribution is 2.36. The number of aliphatic hydroxyl groups excluding tert-OH is 5. The van der Waals surface area contributed by atoms with Crippen LogP contribution in [0.2, 0.25) is 0 Å². The van der Waals surface area contributed by atoms with Gasteiger partial charge in [0.25, 0.3) is 5.91 Å². The molecule has 3 heterocycles. The molecule has 1 amide bonds. The summed E-state index contributed by atoms with van der Waals surface area (Å²) >= 11 is 0. The van der Waals surface area contributed by atoms with E-state index in [0.717, 1.165) is 12.8 Å². The van der Waals surface area contributed by atoms with Crippen molar-refractivity contribution in [2.45, 2.75) is 126 Å². The molecule has 14 atom stereocenters. The first-order valence-corrected chi connectivity index (χ1v) is 14.0. The van der Waals surface area contributed by atoms with E-state index < -0.39 is 86.3 Å². The molecule has 5 N–H and O–H groups in total. The van der Waals surface area contributed by atoms with Gasteiger partial charge in [-0.15, -0.1) is 0 Å². The molecule has 0 aromatic carbocycles. The summed E-state index contributed by atoms with van der Waals surface area (Å²) in [6.45, 7) is 3.37. The van der Waals surface area contributed by atoms with E-state index in [0.29, 0.717) is 25.9 Å². The lowest BCUT2D eigenvalue weighted by molar-refractivity contribution is -0.354. The lowest BCUT2D eigenvalue weighted by atomic mass is 9.85. The van der Waals surface area contributed by atoms with Gasteiger partial charge < -0.3 is 58.9 Å². The van der Waals surface area contributed by atoms with E-state index >= 15 is 0 Å². The van der Waals surface area contributed by atoms with E-state index in [2.05, 4.69) is 0 Å². The van der Waals surface area contributed by atoms with E-state index in [1.165, 1.54) is 4.90 Å². The van der Waals surface area contributed by atoms with Gasteiger partial charge in [-0.05, 0) is 38.5 Å². The number of nitrogens with zero attached hydrogens (tertiary/aromatic N) is 1. The number of aliphatic hydroxyl groups is 5. The summed E-state index contributed by atoms with van der Waals surface area (Å²) in [4.78, 5) is 14.2. The maximum absolute atomic E-state index is 12.7. The zero-order valence-electron chi connectivity index (χ0n) is 23.1. The highest BCUT2D eigenvalue weighted by molar-refractivity contribution is 5.80. The number of amides is 1. The van der Waals surface area contributed by atoms with Crippen molar-refractivity contribution >= 4 is 5.91 Å². The first-order chi connectivity index (χ1) is 18.5. The second-order valence-corrected chi connectivity index (χ2v) is 11.4. The van der Waals surface area contributed by atoms with Crippen LogP contribution in [0.4, 0.5) is 0 Å². The molecule has 14 unspecified atom stereocenters. The summed E-state index contributed by atoms with van der Waals surface area (Å²) in [6, 6.07) is 0. The normalized spacial score (nSPS) is 47.5. The fourth-order valence-electron chi connectivity index (χ4n) is 5.85. The fraction of sp³-hybridized carbons (Fsp3) is 0.962. The van der Waals surface area contributed by atoms with Crippen molar-refractivity contribution in [2.75, 3.05) is 27.3 Å². The van der Waals surface area contributed by atoms with Crippen molar-refractivity contribution in [1.82, 2.24) is 4.90 Å². The lowest BCUT2D eigenvalue weighted by Gasteiger charge is -2.48. The predicted molar refractivity (Wildman–Crippen MR) is 133 cm³/mol. The Morgan fingerprint density at radius 1 is 0.846 bits per heavy atom. The first-order valence-electron chi connectivity index (χ1n) is 14.0. The van der Waals surface area contributed by atoms with Gasteiger partial charge in [-0.1, -0.05) is 13.3 Å². The standard InChI is InChI=1S/C26H45NO12/c1-12-7-5-8-14(21(12)39-25-20(32)19(31)17(29)13(2)35-25)37-26-23-22(18(30)16(11-28)38-26)36-15(9-6-10-34-23)24(33)27(3)4/h12-23,25-26,28-32H,5-11H2,1-4H3. The van der Waals surface area contributed by atoms with Crippen LogP contribution < -0.4 is 0 Å². The van der Waals surface area contributed by atoms with Gasteiger partial charge in [-0.2, -0.15) is 0 Å². The van der Waals surface area contributed by atoms with Crippen LogP contribution in [-0.4, -0.2) is 143 Å². The molecule has 13 heteroatoms. The minimum Gasteiger partial charge on any atom is -0.394 e. The first kappa shape index (κ1) is 31.0. The Balaban J connectivity index is 1.53. The molecular formula is C26H45NO12. The molecule has 4 aliphatic rings. The minimum atomic E-state index is -1.45. The highest BCUT2D eigenvalue weighted by Gasteiger charge is 2.52. The van der Waals surface area contributed by atoms with E-state index in [1.807, 2.05) is 6.92 Å². The summed E-state index contributed by atoms with van der Waals surface area (Å²) in [7, 11) is 3.28. The zero-order valence-corrected chi connectivity index (χ0v) is 23.1. The summed E-state index contributed by atoms with van der Waals surface area (Å²) in [5.74, 6) is -0.233. The molecule has 0 bridgehead atoms. The maximum Gasteiger partial charge on any atom is 0.251 e. The third-order valence-electron chi connectivity index (χ3n) is 8.24. The van der Waals surface area contributed by atoms with E-state index in [9.17, 15) is 30.3 Å². The molecule has 13 nitrogen and oxygen atoms in total. The highest BCUT2D eigenvalue weighted by atomic mass is 16.7. The fourth-order valence-corrected chi connectivity index (χ4v) is 5.85. The van der Waals surface area contributed by atoms with Crippen LogP contribution in [0.3, 0.4) is 0 Å². The maximum atomic E-state index is 12.7. The third-order valence-corrected chi connectivity index (χ3v) is 8.24. The molecule has 0 aromatic heterocycles. The molecule has 0 radical (unpaired) electrons. The van der Waals surface area contributed by atoms with Gasteiger partial charge in [0, 0.05) is 20.7 Å². The van der Waals surface area contributed by atoms with Gasteiger partial charge in [0.2, 0.25) is 0 Å². The number of fused-ring (bicyclic) bond motifs is 1. The SMILES string of the molecule is CC1CCCC(OC2OC(CO)C(O)C3OC(C(=O)N(C)C)CCCOC23)C1OC1OC(C)C(O)C(O)C1O. The topological polar surface area (TPSA) is 177 Å². The van der Waals surface area contributed by atoms with Crippen molar-refractivity contribution < 1.29 is 58.7 Å². The molecule has 3 aliphatic heterocycles. The second kappa shape index (κ2) is 13.3. The summed E-state index contributed by atoms with van der Waals surface area (Å²) in [5, 5.41) is 51.7.